The first-order valence-corrected chi connectivity index (χ1v) is 10.4. The lowest BCUT2D eigenvalue weighted by Crippen LogP contribution is -2.43. The van der Waals surface area contributed by atoms with E-state index >= 15 is 0 Å². The number of carboxylic acid groups (broad SMARTS) is 1. The predicted octanol–water partition coefficient (Wildman–Crippen LogP) is 4.47. The van der Waals surface area contributed by atoms with E-state index < -0.39 is 23.1 Å². The van der Waals surface area contributed by atoms with E-state index in [0.717, 1.165) is 7.14 Å². The van der Waals surface area contributed by atoms with Crippen molar-refractivity contribution in [2.45, 2.75) is 38.9 Å². The van der Waals surface area contributed by atoms with Crippen molar-refractivity contribution < 1.29 is 24.2 Å². The van der Waals surface area contributed by atoms with Crippen LogP contribution >= 0.6 is 45.2 Å². The molecule has 0 saturated heterocycles. The molecule has 0 saturated carbocycles. The molecule has 3 N–H and O–H groups in total. The molecular formula is C20H23I2NO5. The van der Waals surface area contributed by atoms with Gasteiger partial charge in [-0.1, -0.05) is 0 Å². The largest absolute Gasteiger partial charge is 0.478 e. The van der Waals surface area contributed by atoms with Gasteiger partial charge in [0.2, 0.25) is 0 Å². The van der Waals surface area contributed by atoms with Crippen molar-refractivity contribution in [2.75, 3.05) is 0 Å². The molecule has 0 unspecified atom stereocenters. The van der Waals surface area contributed by atoms with Gasteiger partial charge in [-0.05, 0) is 121 Å². The fraction of sp³-hybridized carbons (Fsp3) is 0.300. The van der Waals surface area contributed by atoms with Crippen LogP contribution in [0.3, 0.4) is 0 Å². The molecule has 0 spiro atoms. The molecule has 2 aromatic carbocycles. The van der Waals surface area contributed by atoms with Gasteiger partial charge in [-0.3, -0.25) is 4.79 Å². The fourth-order valence-electron chi connectivity index (χ4n) is 1.69. The average Bonchev–Trinajstić information content (AvgIpc) is 2.59. The van der Waals surface area contributed by atoms with E-state index in [0.29, 0.717) is 11.5 Å². The zero-order valence-corrected chi connectivity index (χ0v) is 20.3. The summed E-state index contributed by atoms with van der Waals surface area (Å²) in [6.07, 6.45) is 0. The summed E-state index contributed by atoms with van der Waals surface area (Å²) in [7, 11) is 0. The monoisotopic (exact) mass is 611 g/mol. The Kier molecular flexibility index (Phi) is 8.99. The second-order valence-corrected chi connectivity index (χ2v) is 9.29. The topological polar surface area (TPSA) is 98.8 Å². The van der Waals surface area contributed by atoms with Crippen molar-refractivity contribution in [1.82, 2.24) is 0 Å². The van der Waals surface area contributed by atoms with Crippen LogP contribution in [0, 0.1) is 7.14 Å². The minimum absolute atomic E-state index is 0.476. The fourth-order valence-corrected chi connectivity index (χ4v) is 2.41. The Hall–Kier alpha value is -1.56. The second kappa shape index (κ2) is 10.3. The van der Waals surface area contributed by atoms with E-state index in [1.807, 2.05) is 36.4 Å². The van der Waals surface area contributed by atoms with Crippen molar-refractivity contribution in [1.29, 1.82) is 0 Å². The molecule has 6 nitrogen and oxygen atoms in total. The Morgan fingerprint density at radius 1 is 0.786 bits per heavy atom. The third kappa shape index (κ3) is 8.21. The smallest absolute Gasteiger partial charge is 0.347 e. The Morgan fingerprint density at radius 2 is 1.11 bits per heavy atom. The van der Waals surface area contributed by atoms with Gasteiger partial charge in [-0.15, -0.1) is 0 Å². The molecule has 0 aliphatic rings. The van der Waals surface area contributed by atoms with Crippen LogP contribution in [0.5, 0.6) is 11.5 Å². The average molecular weight is 611 g/mol. The first-order chi connectivity index (χ1) is 12.8. The maximum atomic E-state index is 11.0. The van der Waals surface area contributed by atoms with E-state index in [4.69, 9.17) is 20.3 Å². The third-order valence-electron chi connectivity index (χ3n) is 3.48. The molecule has 152 valence electrons. The van der Waals surface area contributed by atoms with Gasteiger partial charge in [0.1, 0.15) is 11.5 Å². The normalized spacial score (nSPS) is 11.1. The van der Waals surface area contributed by atoms with Crippen molar-refractivity contribution in [2.24, 2.45) is 5.73 Å². The van der Waals surface area contributed by atoms with Gasteiger partial charge < -0.3 is 20.3 Å². The predicted molar refractivity (Wildman–Crippen MR) is 125 cm³/mol. The van der Waals surface area contributed by atoms with Gasteiger partial charge in [-0.25, -0.2) is 4.79 Å². The summed E-state index contributed by atoms with van der Waals surface area (Å²) < 4.78 is 13.0. The number of hydrogen-bond acceptors (Lipinski definition) is 4. The number of carbonyl (C=O) groups is 2. The Morgan fingerprint density at radius 3 is 1.39 bits per heavy atom. The van der Waals surface area contributed by atoms with E-state index in [2.05, 4.69) is 45.2 Å². The first-order valence-electron chi connectivity index (χ1n) is 8.26. The molecule has 8 heteroatoms. The second-order valence-electron chi connectivity index (χ2n) is 6.80. The molecule has 0 bridgehead atoms. The molecule has 0 heterocycles. The number of rotatable bonds is 6. The van der Waals surface area contributed by atoms with Crippen molar-refractivity contribution in [3.63, 3.8) is 0 Å². The summed E-state index contributed by atoms with van der Waals surface area (Å²) in [6, 6.07) is 14.7. The zero-order valence-electron chi connectivity index (χ0n) is 16.0. The summed E-state index contributed by atoms with van der Waals surface area (Å²) in [4.78, 5) is 21.8. The summed E-state index contributed by atoms with van der Waals surface area (Å²) in [6.45, 7) is 6.33. The molecule has 2 rings (SSSR count). The molecule has 0 atom stereocenters. The number of nitrogens with two attached hydrogens (primary N) is 1. The molecule has 0 fully saturated rings. The van der Waals surface area contributed by atoms with E-state index in [9.17, 15) is 9.59 Å². The lowest BCUT2D eigenvalue weighted by Gasteiger charge is -2.22. The van der Waals surface area contributed by atoms with Gasteiger partial charge >= 0.3 is 5.97 Å². The number of ether oxygens (including phenoxy) is 2. The van der Waals surface area contributed by atoms with Crippen LogP contribution in [0.15, 0.2) is 48.5 Å². The highest BCUT2D eigenvalue weighted by Gasteiger charge is 2.29. The Balaban J connectivity index is 0.000000280. The van der Waals surface area contributed by atoms with Crippen LogP contribution in [-0.4, -0.2) is 28.2 Å². The van der Waals surface area contributed by atoms with E-state index in [1.54, 1.807) is 26.0 Å². The maximum absolute atomic E-state index is 11.0. The van der Waals surface area contributed by atoms with Gasteiger partial charge in [0, 0.05) is 7.14 Å². The van der Waals surface area contributed by atoms with Crippen LogP contribution in [-0.2, 0) is 9.59 Å². The highest BCUT2D eigenvalue weighted by Crippen LogP contribution is 2.20. The molecule has 0 aliphatic carbocycles. The highest BCUT2D eigenvalue weighted by molar-refractivity contribution is 14.1. The van der Waals surface area contributed by atoms with E-state index in [-0.39, 0.29) is 0 Å². The van der Waals surface area contributed by atoms with Gasteiger partial charge in [0.25, 0.3) is 5.91 Å². The number of carbonyl (C=O) groups excluding carboxylic acids is 1. The molecule has 1 amide bonds. The molecule has 0 aromatic heterocycles. The standard InChI is InChI=1S/C10H12INO2.C10H11IO3/c2*1-10(2,9(12)13)14-8-5-3-7(11)4-6-8/h3-6H,1-2H3,(H2,12,13);3-6H,1-2H3,(H,12,13). The van der Waals surface area contributed by atoms with Gasteiger partial charge in [0.15, 0.2) is 11.2 Å². The maximum Gasteiger partial charge on any atom is 0.347 e. The van der Waals surface area contributed by atoms with Crippen molar-refractivity contribution in [3.8, 4) is 11.5 Å². The number of benzene rings is 2. The molecule has 0 aliphatic heterocycles. The highest BCUT2D eigenvalue weighted by atomic mass is 127. The molecule has 0 radical (unpaired) electrons. The van der Waals surface area contributed by atoms with Crippen LogP contribution in [0.1, 0.15) is 27.7 Å². The summed E-state index contributed by atoms with van der Waals surface area (Å²) in [5.41, 5.74) is 3.03. The third-order valence-corrected chi connectivity index (χ3v) is 4.92. The van der Waals surface area contributed by atoms with Crippen LogP contribution in [0.25, 0.3) is 0 Å². The van der Waals surface area contributed by atoms with E-state index in [1.165, 1.54) is 13.8 Å². The summed E-state index contributed by atoms with van der Waals surface area (Å²) in [5.74, 6) is -0.237. The van der Waals surface area contributed by atoms with Gasteiger partial charge in [-0.2, -0.15) is 0 Å². The SMILES string of the molecule is CC(C)(Oc1ccc(I)cc1)C(=O)O.CC(C)(Oc1ccc(I)cc1)C(N)=O. The Bertz CT molecular complexity index is 733. The minimum atomic E-state index is -1.19. The number of halogens is 2. The summed E-state index contributed by atoms with van der Waals surface area (Å²) in [5, 5.41) is 8.83. The lowest BCUT2D eigenvalue weighted by molar-refractivity contribution is -0.152. The first kappa shape index (κ1) is 24.5. The zero-order chi connectivity index (χ0) is 21.5. The van der Waals surface area contributed by atoms with Crippen LogP contribution in [0.2, 0.25) is 0 Å². The summed E-state index contributed by atoms with van der Waals surface area (Å²) >= 11 is 4.38. The number of amides is 1. The minimum Gasteiger partial charge on any atom is -0.478 e. The van der Waals surface area contributed by atoms with Crippen molar-refractivity contribution >= 4 is 57.1 Å². The van der Waals surface area contributed by atoms with Gasteiger partial charge in [0.05, 0.1) is 0 Å². The number of hydrogen-bond donors (Lipinski definition) is 2. The number of primary amides is 1. The van der Waals surface area contributed by atoms with Crippen LogP contribution in [0.4, 0.5) is 0 Å². The van der Waals surface area contributed by atoms with Crippen molar-refractivity contribution in [3.05, 3.63) is 55.7 Å². The van der Waals surface area contributed by atoms with Crippen LogP contribution < -0.4 is 15.2 Å². The quantitative estimate of drug-likeness (QED) is 0.471. The molecular weight excluding hydrogens is 588 g/mol. The number of aliphatic carboxylic acids is 1. The molecule has 2 aromatic rings. The Labute approximate surface area is 192 Å². The molecule has 28 heavy (non-hydrogen) atoms. The lowest BCUT2D eigenvalue weighted by atomic mass is 10.1. The number of carboxylic acids is 1.